The fourth-order valence-electron chi connectivity index (χ4n) is 5.30. The van der Waals surface area contributed by atoms with Crippen molar-refractivity contribution in [3.05, 3.63) is 0 Å². The van der Waals surface area contributed by atoms with E-state index < -0.39 is 0 Å². The van der Waals surface area contributed by atoms with Crippen LogP contribution >= 0.6 is 0 Å². The van der Waals surface area contributed by atoms with Gasteiger partial charge in [-0.05, 0) is 55.4 Å². The van der Waals surface area contributed by atoms with Crippen LogP contribution in [0.15, 0.2) is 0 Å². The Morgan fingerprint density at radius 1 is 0.148 bits per heavy atom. The summed E-state index contributed by atoms with van der Waals surface area (Å²) in [6.45, 7) is 15.4. The molecule has 54 heavy (non-hydrogen) atoms. The zero-order chi connectivity index (χ0) is 42.9. The first kappa shape index (κ1) is 71.4. The molecular formula is C46H108O8. The SMILES string of the molecule is C1CCCCCCCCCCCCCCCCCCCCCCCCCCCCC1.CCO.CCO.CCO.CCO.CCO.CCO.CCO.CCO. The van der Waals surface area contributed by atoms with E-state index in [2.05, 4.69) is 0 Å². The Kier molecular flexibility index (Phi) is 131. The first-order valence-electron chi connectivity index (χ1n) is 23.2. The third-order valence-corrected chi connectivity index (χ3v) is 7.50. The maximum absolute atomic E-state index is 7.57. The Hall–Kier alpha value is -0.320. The second-order valence-electron chi connectivity index (χ2n) is 13.1. The highest BCUT2D eigenvalue weighted by atomic mass is 16.3. The molecule has 0 saturated heterocycles. The zero-order valence-electron chi connectivity index (χ0n) is 38.4. The molecule has 0 aromatic carbocycles. The minimum Gasteiger partial charge on any atom is -0.397 e. The molecule has 0 radical (unpaired) electrons. The minimum atomic E-state index is 0.250. The molecule has 8 nitrogen and oxygen atoms in total. The summed E-state index contributed by atoms with van der Waals surface area (Å²) in [6, 6.07) is 0. The highest BCUT2D eigenvalue weighted by molar-refractivity contribution is 4.53. The molecule has 0 unspecified atom stereocenters. The Balaban J connectivity index is -0.000000120. The molecule has 1 aliphatic carbocycles. The van der Waals surface area contributed by atoms with Gasteiger partial charge >= 0.3 is 0 Å². The molecule has 0 heterocycles. The smallest absolute Gasteiger partial charge is 0.0402 e. The van der Waals surface area contributed by atoms with Gasteiger partial charge in [0.05, 0.1) is 0 Å². The van der Waals surface area contributed by atoms with Gasteiger partial charge in [0.25, 0.3) is 0 Å². The molecule has 0 atom stereocenters. The van der Waals surface area contributed by atoms with E-state index in [9.17, 15) is 0 Å². The monoisotopic (exact) mass is 789 g/mol. The Morgan fingerprint density at radius 2 is 0.167 bits per heavy atom. The fourth-order valence-corrected chi connectivity index (χ4v) is 5.30. The summed E-state index contributed by atoms with van der Waals surface area (Å²) >= 11 is 0. The highest BCUT2D eigenvalue weighted by Crippen LogP contribution is 2.17. The van der Waals surface area contributed by atoms with E-state index in [4.69, 9.17) is 40.9 Å². The molecule has 1 aliphatic rings. The fraction of sp³-hybridized carbons (Fsp3) is 1.00. The van der Waals surface area contributed by atoms with E-state index in [-0.39, 0.29) is 52.9 Å². The lowest BCUT2D eigenvalue weighted by atomic mass is 10.0. The van der Waals surface area contributed by atoms with Crippen LogP contribution in [0.25, 0.3) is 0 Å². The summed E-state index contributed by atoms with van der Waals surface area (Å²) in [5.74, 6) is 0. The molecule has 1 rings (SSSR count). The van der Waals surface area contributed by atoms with Gasteiger partial charge in [-0.1, -0.05) is 193 Å². The molecule has 8 N–H and O–H groups in total. The van der Waals surface area contributed by atoms with E-state index in [1.165, 1.54) is 193 Å². The van der Waals surface area contributed by atoms with Crippen molar-refractivity contribution in [3.8, 4) is 0 Å². The lowest BCUT2D eigenvalue weighted by Crippen LogP contribution is -1.85. The van der Waals surface area contributed by atoms with Crippen molar-refractivity contribution in [1.29, 1.82) is 0 Å². The minimum absolute atomic E-state index is 0.250. The second-order valence-corrected chi connectivity index (χ2v) is 13.1. The van der Waals surface area contributed by atoms with Gasteiger partial charge in [-0.2, -0.15) is 0 Å². The van der Waals surface area contributed by atoms with E-state index in [0.717, 1.165) is 0 Å². The van der Waals surface area contributed by atoms with Gasteiger partial charge in [0.2, 0.25) is 0 Å². The van der Waals surface area contributed by atoms with E-state index in [1.54, 1.807) is 55.4 Å². The molecule has 0 amide bonds. The summed E-state index contributed by atoms with van der Waals surface area (Å²) in [5, 5.41) is 60.6. The van der Waals surface area contributed by atoms with Crippen molar-refractivity contribution < 1.29 is 40.9 Å². The second kappa shape index (κ2) is 99.1. The van der Waals surface area contributed by atoms with Crippen LogP contribution in [0.1, 0.15) is 248 Å². The summed E-state index contributed by atoms with van der Waals surface area (Å²) in [7, 11) is 0. The standard InChI is InChI=1S/C30H60.8C2H6O/c1-2-4-6-8-10-12-14-16-18-20-22-24-26-28-30-29-27-25-23-21-19-17-15-13-11-9-7-5-3-1;8*1-2-3/h1-30H2;8*3H,2H2,1H3. The maximum atomic E-state index is 7.57. The molecule has 0 aromatic rings. The van der Waals surface area contributed by atoms with Gasteiger partial charge < -0.3 is 40.9 Å². The number of aliphatic hydroxyl groups excluding tert-OH is 8. The predicted molar refractivity (Wildman–Crippen MR) is 241 cm³/mol. The quantitative estimate of drug-likeness (QED) is 0.120. The summed E-state index contributed by atoms with van der Waals surface area (Å²) in [4.78, 5) is 0. The van der Waals surface area contributed by atoms with Crippen LogP contribution in [0, 0.1) is 0 Å². The zero-order valence-corrected chi connectivity index (χ0v) is 38.4. The molecule has 1 fully saturated rings. The van der Waals surface area contributed by atoms with Gasteiger partial charge in [0.15, 0.2) is 0 Å². The van der Waals surface area contributed by atoms with E-state index in [1.807, 2.05) is 0 Å². The highest BCUT2D eigenvalue weighted by Gasteiger charge is 1.97. The lowest BCUT2D eigenvalue weighted by Gasteiger charge is -2.05. The van der Waals surface area contributed by atoms with Crippen LogP contribution in [0.2, 0.25) is 0 Å². The third kappa shape index (κ3) is 151. The molecule has 0 spiro atoms. The van der Waals surface area contributed by atoms with Gasteiger partial charge in [-0.3, -0.25) is 0 Å². The van der Waals surface area contributed by atoms with Gasteiger partial charge in [0.1, 0.15) is 0 Å². The largest absolute Gasteiger partial charge is 0.397 e. The average molecular weight is 789 g/mol. The van der Waals surface area contributed by atoms with Crippen LogP contribution in [-0.4, -0.2) is 93.7 Å². The molecule has 0 aliphatic heterocycles. The summed E-state index contributed by atoms with van der Waals surface area (Å²) in [6.07, 6.45) is 45.0. The van der Waals surface area contributed by atoms with E-state index in [0.29, 0.717) is 0 Å². The van der Waals surface area contributed by atoms with Crippen molar-refractivity contribution in [3.63, 3.8) is 0 Å². The van der Waals surface area contributed by atoms with Gasteiger partial charge in [-0.15, -0.1) is 0 Å². The molecular weight excluding hydrogens is 680 g/mol. The Morgan fingerprint density at radius 3 is 0.185 bits per heavy atom. The first-order chi connectivity index (χ1) is 26.3. The topological polar surface area (TPSA) is 162 Å². The van der Waals surface area contributed by atoms with Crippen molar-refractivity contribution >= 4 is 0 Å². The normalized spacial score (nSPS) is 16.0. The van der Waals surface area contributed by atoms with Crippen LogP contribution in [0.3, 0.4) is 0 Å². The van der Waals surface area contributed by atoms with Gasteiger partial charge in [0, 0.05) is 52.9 Å². The number of aliphatic hydroxyl groups is 8. The van der Waals surface area contributed by atoms with Crippen LogP contribution in [0.5, 0.6) is 0 Å². The molecule has 1 saturated carbocycles. The molecule has 8 heteroatoms. The first-order valence-corrected chi connectivity index (χ1v) is 23.2. The Labute approximate surface area is 341 Å². The van der Waals surface area contributed by atoms with Crippen molar-refractivity contribution in [2.45, 2.75) is 248 Å². The maximum Gasteiger partial charge on any atom is 0.0402 e. The number of hydrogen-bond acceptors (Lipinski definition) is 8. The van der Waals surface area contributed by atoms with Crippen LogP contribution in [-0.2, 0) is 0 Å². The molecule has 0 aromatic heterocycles. The van der Waals surface area contributed by atoms with Crippen molar-refractivity contribution in [2.24, 2.45) is 0 Å². The molecule has 0 bridgehead atoms. The summed E-state index contributed by atoms with van der Waals surface area (Å²) in [5.41, 5.74) is 0. The Bertz CT molecular complexity index is 260. The van der Waals surface area contributed by atoms with Crippen molar-refractivity contribution in [2.75, 3.05) is 52.9 Å². The van der Waals surface area contributed by atoms with E-state index >= 15 is 0 Å². The van der Waals surface area contributed by atoms with Crippen LogP contribution < -0.4 is 0 Å². The van der Waals surface area contributed by atoms with Crippen LogP contribution in [0.4, 0.5) is 0 Å². The van der Waals surface area contributed by atoms with Gasteiger partial charge in [-0.25, -0.2) is 0 Å². The summed E-state index contributed by atoms with van der Waals surface area (Å²) < 4.78 is 0. The number of hydrogen-bond donors (Lipinski definition) is 8. The average Bonchev–Trinajstić information content (AvgIpc) is 3.12. The molecule has 340 valence electrons. The third-order valence-electron chi connectivity index (χ3n) is 7.50. The van der Waals surface area contributed by atoms with Crippen molar-refractivity contribution in [1.82, 2.24) is 0 Å². The predicted octanol–water partition coefficient (Wildman–Crippen LogP) is 11.7. The lowest BCUT2D eigenvalue weighted by molar-refractivity contribution is 0.318. The number of rotatable bonds is 0.